The summed E-state index contributed by atoms with van der Waals surface area (Å²) >= 11 is 0. The molecule has 0 saturated carbocycles. The maximum atomic E-state index is 11.7. The molecule has 0 aliphatic carbocycles. The monoisotopic (exact) mass is 528 g/mol. The Morgan fingerprint density at radius 2 is 2.07 bits per heavy atom. The Kier molecular flexibility index (Phi) is 17.5. The molecule has 2 unspecified atom stereocenters. The topological polar surface area (TPSA) is 93.2 Å². The van der Waals surface area contributed by atoms with E-state index in [9.17, 15) is 4.79 Å². The Hall–Kier alpha value is -0.810. The van der Waals surface area contributed by atoms with Crippen LogP contribution in [0.5, 0.6) is 0 Å². The highest BCUT2D eigenvalue weighted by atomic mass is 127. The summed E-state index contributed by atoms with van der Waals surface area (Å²) < 4.78 is 16.2. The van der Waals surface area contributed by atoms with Gasteiger partial charge in [-0.25, -0.2) is 4.79 Å². The molecule has 2 atom stereocenters. The highest BCUT2D eigenvalue weighted by Gasteiger charge is 2.16. The number of carbonyl (C=O) groups is 1. The summed E-state index contributed by atoms with van der Waals surface area (Å²) in [4.78, 5) is 16.4. The van der Waals surface area contributed by atoms with E-state index in [1.54, 1.807) is 6.92 Å². The number of ether oxygens (including phenoxy) is 3. The van der Waals surface area contributed by atoms with Gasteiger partial charge in [0.15, 0.2) is 5.96 Å². The molecule has 1 fully saturated rings. The SMILES string of the molecule is CCNC(=NCC(CC(C)C)NC(=O)OCC)NCCCOCC1CCCO1.I. The van der Waals surface area contributed by atoms with Gasteiger partial charge in [-0.3, -0.25) is 4.99 Å². The van der Waals surface area contributed by atoms with E-state index in [0.29, 0.717) is 32.3 Å². The fourth-order valence-corrected chi connectivity index (χ4v) is 3.00. The largest absolute Gasteiger partial charge is 0.450 e. The number of carbonyl (C=O) groups excluding carboxylic acids is 1. The van der Waals surface area contributed by atoms with Crippen LogP contribution in [-0.2, 0) is 14.2 Å². The van der Waals surface area contributed by atoms with Crippen molar-refractivity contribution >= 4 is 36.0 Å². The van der Waals surface area contributed by atoms with E-state index >= 15 is 0 Å². The molecule has 0 aromatic heterocycles. The predicted octanol–water partition coefficient (Wildman–Crippen LogP) is 2.91. The predicted molar refractivity (Wildman–Crippen MR) is 127 cm³/mol. The molecule has 0 aromatic rings. The summed E-state index contributed by atoms with van der Waals surface area (Å²) in [7, 11) is 0. The van der Waals surface area contributed by atoms with Gasteiger partial charge in [-0.15, -0.1) is 24.0 Å². The van der Waals surface area contributed by atoms with Crippen LogP contribution in [0.1, 0.15) is 53.4 Å². The van der Waals surface area contributed by atoms with Crippen molar-refractivity contribution in [3.05, 3.63) is 0 Å². The lowest BCUT2D eigenvalue weighted by atomic mass is 10.0. The number of halogens is 1. The lowest BCUT2D eigenvalue weighted by Crippen LogP contribution is -2.42. The first-order valence-electron chi connectivity index (χ1n) is 10.7. The van der Waals surface area contributed by atoms with E-state index in [-0.39, 0.29) is 42.2 Å². The lowest BCUT2D eigenvalue weighted by Gasteiger charge is -2.19. The zero-order valence-electron chi connectivity index (χ0n) is 18.5. The molecule has 1 rings (SSSR count). The molecule has 1 aliphatic rings. The summed E-state index contributed by atoms with van der Waals surface area (Å²) in [5.41, 5.74) is 0. The molecular formula is C20H41IN4O4. The number of aliphatic imine (C=N–C) groups is 1. The molecule has 0 spiro atoms. The van der Waals surface area contributed by atoms with Crippen LogP contribution in [0, 0.1) is 5.92 Å². The number of nitrogens with one attached hydrogen (secondary N) is 3. The fourth-order valence-electron chi connectivity index (χ4n) is 3.00. The maximum absolute atomic E-state index is 11.7. The number of amides is 1. The van der Waals surface area contributed by atoms with Crippen LogP contribution in [0.25, 0.3) is 0 Å². The van der Waals surface area contributed by atoms with Gasteiger partial charge in [0.1, 0.15) is 0 Å². The second-order valence-corrected chi connectivity index (χ2v) is 7.40. The quantitative estimate of drug-likeness (QED) is 0.147. The molecule has 9 heteroatoms. The minimum absolute atomic E-state index is 0. The van der Waals surface area contributed by atoms with Gasteiger partial charge in [-0.2, -0.15) is 0 Å². The van der Waals surface area contributed by atoms with E-state index < -0.39 is 0 Å². The van der Waals surface area contributed by atoms with Crippen LogP contribution in [0.2, 0.25) is 0 Å². The number of nitrogens with zero attached hydrogens (tertiary/aromatic N) is 1. The number of guanidine groups is 1. The van der Waals surface area contributed by atoms with Crippen molar-refractivity contribution in [1.29, 1.82) is 0 Å². The van der Waals surface area contributed by atoms with Crippen LogP contribution in [0.15, 0.2) is 4.99 Å². The van der Waals surface area contributed by atoms with Gasteiger partial charge in [0.2, 0.25) is 0 Å². The number of hydrogen-bond donors (Lipinski definition) is 3. The van der Waals surface area contributed by atoms with E-state index in [1.807, 2.05) is 6.92 Å². The normalized spacial score (nSPS) is 17.6. The minimum Gasteiger partial charge on any atom is -0.450 e. The fraction of sp³-hybridized carbons (Fsp3) is 0.900. The first-order chi connectivity index (χ1) is 13.5. The van der Waals surface area contributed by atoms with Crippen LogP contribution in [-0.4, -0.2) is 70.3 Å². The van der Waals surface area contributed by atoms with Crippen molar-refractivity contribution in [3.8, 4) is 0 Å². The van der Waals surface area contributed by atoms with E-state index in [4.69, 9.17) is 14.2 Å². The van der Waals surface area contributed by atoms with Gasteiger partial charge in [0.05, 0.1) is 31.9 Å². The Balaban J connectivity index is 0.00000784. The number of alkyl carbamates (subject to hydrolysis) is 1. The zero-order valence-corrected chi connectivity index (χ0v) is 20.8. The summed E-state index contributed by atoms with van der Waals surface area (Å²) in [6.07, 6.45) is 3.88. The average Bonchev–Trinajstić information content (AvgIpc) is 3.15. The van der Waals surface area contributed by atoms with Crippen molar-refractivity contribution in [2.75, 3.05) is 46.1 Å². The molecule has 1 heterocycles. The molecular weight excluding hydrogens is 487 g/mol. The van der Waals surface area contributed by atoms with Gasteiger partial charge in [0, 0.05) is 26.3 Å². The van der Waals surface area contributed by atoms with E-state index in [0.717, 1.165) is 51.3 Å². The third-order valence-electron chi connectivity index (χ3n) is 4.25. The Morgan fingerprint density at radius 3 is 2.69 bits per heavy atom. The second-order valence-electron chi connectivity index (χ2n) is 7.40. The third kappa shape index (κ3) is 14.8. The average molecular weight is 528 g/mol. The van der Waals surface area contributed by atoms with Gasteiger partial charge < -0.3 is 30.2 Å². The highest BCUT2D eigenvalue weighted by Crippen LogP contribution is 2.11. The molecule has 172 valence electrons. The summed E-state index contributed by atoms with van der Waals surface area (Å²) in [6, 6.07) is -0.0516. The van der Waals surface area contributed by atoms with Gasteiger partial charge in [-0.05, 0) is 45.4 Å². The van der Waals surface area contributed by atoms with Gasteiger partial charge >= 0.3 is 6.09 Å². The van der Waals surface area contributed by atoms with E-state index in [1.165, 1.54) is 0 Å². The van der Waals surface area contributed by atoms with Crippen molar-refractivity contribution < 1.29 is 19.0 Å². The first kappa shape index (κ1) is 28.2. The molecule has 29 heavy (non-hydrogen) atoms. The third-order valence-corrected chi connectivity index (χ3v) is 4.25. The number of rotatable bonds is 13. The van der Waals surface area contributed by atoms with Crippen LogP contribution in [0.3, 0.4) is 0 Å². The molecule has 0 bridgehead atoms. The first-order valence-corrected chi connectivity index (χ1v) is 10.7. The molecule has 0 aromatic carbocycles. The lowest BCUT2D eigenvalue weighted by molar-refractivity contribution is 0.0168. The Labute approximate surface area is 193 Å². The van der Waals surface area contributed by atoms with Crippen LogP contribution >= 0.6 is 24.0 Å². The van der Waals surface area contributed by atoms with Crippen molar-refractivity contribution in [1.82, 2.24) is 16.0 Å². The molecule has 1 aliphatic heterocycles. The smallest absolute Gasteiger partial charge is 0.407 e. The Morgan fingerprint density at radius 1 is 1.28 bits per heavy atom. The van der Waals surface area contributed by atoms with Crippen molar-refractivity contribution in [2.24, 2.45) is 10.9 Å². The second kappa shape index (κ2) is 18.0. The van der Waals surface area contributed by atoms with E-state index in [2.05, 4.69) is 34.8 Å². The minimum atomic E-state index is -0.385. The van der Waals surface area contributed by atoms with Gasteiger partial charge in [-0.1, -0.05) is 13.8 Å². The van der Waals surface area contributed by atoms with Crippen molar-refractivity contribution in [3.63, 3.8) is 0 Å². The summed E-state index contributed by atoms with van der Waals surface area (Å²) in [5, 5.41) is 9.46. The molecule has 1 amide bonds. The standard InChI is InChI=1S/C20H40N4O4.HI/c1-5-21-19(22-10-8-11-26-15-18-9-7-12-28-18)23-14-17(13-16(3)4)24-20(25)27-6-2;/h16-18H,5-15H2,1-4H3,(H,24,25)(H2,21,22,23);1H. The highest BCUT2D eigenvalue weighted by molar-refractivity contribution is 14.0. The molecule has 3 N–H and O–H groups in total. The molecule has 0 radical (unpaired) electrons. The summed E-state index contributed by atoms with van der Waals surface area (Å²) in [5.74, 6) is 1.21. The molecule has 8 nitrogen and oxygen atoms in total. The number of hydrogen-bond acceptors (Lipinski definition) is 5. The van der Waals surface area contributed by atoms with Crippen LogP contribution in [0.4, 0.5) is 4.79 Å². The maximum Gasteiger partial charge on any atom is 0.407 e. The molecule has 1 saturated heterocycles. The Bertz CT molecular complexity index is 446. The summed E-state index contributed by atoms with van der Waals surface area (Å²) in [6.45, 7) is 12.8. The van der Waals surface area contributed by atoms with Gasteiger partial charge in [0.25, 0.3) is 0 Å². The van der Waals surface area contributed by atoms with Crippen LogP contribution < -0.4 is 16.0 Å². The van der Waals surface area contributed by atoms with Crippen molar-refractivity contribution in [2.45, 2.75) is 65.5 Å². The zero-order chi connectivity index (χ0) is 20.6.